The number of hydrogen-bond donors (Lipinski definition) is 0. The Kier molecular flexibility index (Phi) is 4.60. The summed E-state index contributed by atoms with van der Waals surface area (Å²) in [6.07, 6.45) is 4.45. The highest BCUT2D eigenvalue weighted by Crippen LogP contribution is 2.21. The lowest BCUT2D eigenvalue weighted by Crippen LogP contribution is -2.43. The van der Waals surface area contributed by atoms with E-state index in [2.05, 4.69) is 30.6 Å². The SMILES string of the molecule is CC1CCCC(C)N1CC#CCN1C(=O)CCC1=O. The zero-order chi connectivity index (χ0) is 13.8. The summed E-state index contributed by atoms with van der Waals surface area (Å²) in [5, 5.41) is 0. The van der Waals surface area contributed by atoms with Crippen molar-refractivity contribution in [2.24, 2.45) is 0 Å². The van der Waals surface area contributed by atoms with Crippen molar-refractivity contribution in [3.8, 4) is 11.8 Å². The van der Waals surface area contributed by atoms with Crippen LogP contribution < -0.4 is 0 Å². The van der Waals surface area contributed by atoms with Crippen molar-refractivity contribution in [3.05, 3.63) is 0 Å². The van der Waals surface area contributed by atoms with Crippen LogP contribution >= 0.6 is 0 Å². The van der Waals surface area contributed by atoms with E-state index < -0.39 is 0 Å². The van der Waals surface area contributed by atoms with E-state index in [-0.39, 0.29) is 18.4 Å². The molecule has 0 bridgehead atoms. The third-order valence-electron chi connectivity index (χ3n) is 4.15. The van der Waals surface area contributed by atoms with Gasteiger partial charge in [-0.25, -0.2) is 0 Å². The van der Waals surface area contributed by atoms with Gasteiger partial charge in [-0.3, -0.25) is 19.4 Å². The summed E-state index contributed by atoms with van der Waals surface area (Å²) < 4.78 is 0. The molecule has 0 aromatic heterocycles. The highest BCUT2D eigenvalue weighted by molar-refractivity contribution is 6.02. The molecule has 104 valence electrons. The summed E-state index contributed by atoms with van der Waals surface area (Å²) in [6.45, 7) is 5.47. The van der Waals surface area contributed by atoms with Crippen LogP contribution in [-0.4, -0.2) is 46.8 Å². The predicted octanol–water partition coefficient (Wildman–Crippen LogP) is 1.40. The standard InChI is InChI=1S/C15H22N2O2/c1-12-6-5-7-13(2)16(12)10-3-4-11-17-14(18)8-9-15(17)19/h12-13H,5-11H2,1-2H3. The molecule has 0 saturated carbocycles. The topological polar surface area (TPSA) is 40.6 Å². The molecule has 4 nitrogen and oxygen atoms in total. The molecule has 0 spiro atoms. The Morgan fingerprint density at radius 2 is 1.53 bits per heavy atom. The number of imide groups is 1. The molecule has 19 heavy (non-hydrogen) atoms. The quantitative estimate of drug-likeness (QED) is 0.558. The number of likely N-dealkylation sites (tertiary alicyclic amines) is 2. The fourth-order valence-corrected chi connectivity index (χ4v) is 2.87. The molecule has 2 amide bonds. The Bertz CT molecular complexity index is 396. The van der Waals surface area contributed by atoms with Crippen LogP contribution in [0.4, 0.5) is 0 Å². The largest absolute Gasteiger partial charge is 0.287 e. The molecule has 4 heteroatoms. The molecule has 2 unspecified atom stereocenters. The van der Waals surface area contributed by atoms with Crippen LogP contribution in [0.1, 0.15) is 46.0 Å². The van der Waals surface area contributed by atoms with E-state index >= 15 is 0 Å². The molecule has 2 aliphatic rings. The van der Waals surface area contributed by atoms with Gasteiger partial charge in [-0.05, 0) is 26.7 Å². The van der Waals surface area contributed by atoms with E-state index in [0.717, 1.165) is 6.54 Å². The zero-order valence-electron chi connectivity index (χ0n) is 11.8. The smallest absolute Gasteiger partial charge is 0.230 e. The summed E-state index contributed by atoms with van der Waals surface area (Å²) in [6, 6.07) is 1.15. The number of piperidine rings is 1. The van der Waals surface area contributed by atoms with Crippen LogP contribution in [0.2, 0.25) is 0 Å². The lowest BCUT2D eigenvalue weighted by Gasteiger charge is -2.37. The van der Waals surface area contributed by atoms with Gasteiger partial charge in [0.1, 0.15) is 0 Å². The molecule has 2 saturated heterocycles. The van der Waals surface area contributed by atoms with Gasteiger partial charge in [0.25, 0.3) is 0 Å². The van der Waals surface area contributed by atoms with Gasteiger partial charge in [0, 0.05) is 24.9 Å². The molecule has 0 aromatic rings. The van der Waals surface area contributed by atoms with E-state index in [1.54, 1.807) is 0 Å². The lowest BCUT2D eigenvalue weighted by molar-refractivity contribution is -0.137. The number of carbonyl (C=O) groups excluding carboxylic acids is 2. The fraction of sp³-hybridized carbons (Fsp3) is 0.733. The minimum Gasteiger partial charge on any atom is -0.287 e. The number of amides is 2. The Hall–Kier alpha value is -1.34. The average molecular weight is 262 g/mol. The van der Waals surface area contributed by atoms with Gasteiger partial charge < -0.3 is 0 Å². The van der Waals surface area contributed by atoms with Gasteiger partial charge in [-0.2, -0.15) is 0 Å². The van der Waals surface area contributed by atoms with Crippen molar-refractivity contribution in [2.45, 2.75) is 58.0 Å². The second kappa shape index (κ2) is 6.21. The first-order valence-corrected chi connectivity index (χ1v) is 7.14. The molecule has 0 aromatic carbocycles. The zero-order valence-corrected chi connectivity index (χ0v) is 11.8. The summed E-state index contributed by atoms with van der Waals surface area (Å²) in [4.78, 5) is 26.5. The van der Waals surface area contributed by atoms with Crippen LogP contribution in [0.5, 0.6) is 0 Å². The Morgan fingerprint density at radius 1 is 1.00 bits per heavy atom. The minimum atomic E-state index is -0.0843. The maximum Gasteiger partial charge on any atom is 0.230 e. The fourth-order valence-electron chi connectivity index (χ4n) is 2.87. The summed E-state index contributed by atoms with van der Waals surface area (Å²) in [5.41, 5.74) is 0. The van der Waals surface area contributed by atoms with Crippen LogP contribution in [0.15, 0.2) is 0 Å². The normalized spacial score (nSPS) is 28.4. The molecule has 2 atom stereocenters. The second-order valence-electron chi connectivity index (χ2n) is 5.53. The average Bonchev–Trinajstić information content (AvgIpc) is 2.68. The van der Waals surface area contributed by atoms with Crippen LogP contribution in [0, 0.1) is 11.8 Å². The first kappa shape index (κ1) is 14.1. The third-order valence-corrected chi connectivity index (χ3v) is 4.15. The van der Waals surface area contributed by atoms with Crippen molar-refractivity contribution in [1.82, 2.24) is 9.80 Å². The van der Waals surface area contributed by atoms with Crippen LogP contribution in [-0.2, 0) is 9.59 Å². The lowest BCUT2D eigenvalue weighted by atomic mass is 9.98. The van der Waals surface area contributed by atoms with Gasteiger partial charge in [-0.1, -0.05) is 18.3 Å². The van der Waals surface area contributed by atoms with Gasteiger partial charge in [0.15, 0.2) is 0 Å². The summed E-state index contributed by atoms with van der Waals surface area (Å²) in [7, 11) is 0. The van der Waals surface area contributed by atoms with Gasteiger partial charge in [0.05, 0.1) is 13.1 Å². The Balaban J connectivity index is 1.83. The maximum absolute atomic E-state index is 11.4. The van der Waals surface area contributed by atoms with E-state index in [9.17, 15) is 9.59 Å². The molecule has 0 radical (unpaired) electrons. The van der Waals surface area contributed by atoms with Crippen molar-refractivity contribution in [3.63, 3.8) is 0 Å². The summed E-state index contributed by atoms with van der Waals surface area (Å²) in [5.74, 6) is 5.91. The molecule has 2 rings (SSSR count). The van der Waals surface area contributed by atoms with E-state index in [1.165, 1.54) is 24.2 Å². The summed E-state index contributed by atoms with van der Waals surface area (Å²) >= 11 is 0. The molecular weight excluding hydrogens is 240 g/mol. The third kappa shape index (κ3) is 3.36. The molecule has 0 aliphatic carbocycles. The van der Waals surface area contributed by atoms with Crippen LogP contribution in [0.3, 0.4) is 0 Å². The van der Waals surface area contributed by atoms with Gasteiger partial charge in [-0.15, -0.1) is 0 Å². The van der Waals surface area contributed by atoms with Crippen molar-refractivity contribution < 1.29 is 9.59 Å². The first-order valence-electron chi connectivity index (χ1n) is 7.14. The molecular formula is C15H22N2O2. The number of hydrogen-bond acceptors (Lipinski definition) is 3. The molecule has 2 aliphatic heterocycles. The second-order valence-corrected chi connectivity index (χ2v) is 5.53. The van der Waals surface area contributed by atoms with E-state index in [4.69, 9.17) is 0 Å². The van der Waals surface area contributed by atoms with E-state index in [0.29, 0.717) is 24.9 Å². The molecule has 0 N–H and O–H groups in total. The van der Waals surface area contributed by atoms with Crippen molar-refractivity contribution in [1.29, 1.82) is 0 Å². The van der Waals surface area contributed by atoms with Crippen molar-refractivity contribution >= 4 is 11.8 Å². The number of carbonyl (C=O) groups is 2. The first-order chi connectivity index (χ1) is 9.09. The number of nitrogens with zero attached hydrogens (tertiary/aromatic N) is 2. The highest BCUT2D eigenvalue weighted by atomic mass is 16.2. The minimum absolute atomic E-state index is 0.0843. The van der Waals surface area contributed by atoms with Crippen LogP contribution in [0.25, 0.3) is 0 Å². The number of rotatable bonds is 2. The maximum atomic E-state index is 11.4. The highest BCUT2D eigenvalue weighted by Gasteiger charge is 2.27. The Labute approximate surface area is 115 Å². The monoisotopic (exact) mass is 262 g/mol. The van der Waals surface area contributed by atoms with E-state index in [1.807, 2.05) is 0 Å². The Morgan fingerprint density at radius 3 is 2.11 bits per heavy atom. The molecule has 2 fully saturated rings. The molecule has 2 heterocycles. The predicted molar refractivity (Wildman–Crippen MR) is 73.2 cm³/mol. The van der Waals surface area contributed by atoms with Crippen molar-refractivity contribution in [2.75, 3.05) is 13.1 Å². The van der Waals surface area contributed by atoms with Gasteiger partial charge in [0.2, 0.25) is 11.8 Å². The van der Waals surface area contributed by atoms with Gasteiger partial charge >= 0.3 is 0 Å².